The molecule has 0 unspecified atom stereocenters. The lowest BCUT2D eigenvalue weighted by molar-refractivity contribution is -0.125. The molecule has 0 aliphatic heterocycles. The number of amides is 1. The number of benzene rings is 2. The Labute approximate surface area is 173 Å². The van der Waals surface area contributed by atoms with Crippen LogP contribution in [-0.2, 0) is 16.0 Å². The number of aromatic nitrogens is 1. The van der Waals surface area contributed by atoms with Gasteiger partial charge in [-0.15, -0.1) is 0 Å². The van der Waals surface area contributed by atoms with Crippen molar-refractivity contribution in [3.63, 3.8) is 0 Å². The molecule has 6 heteroatoms. The first kappa shape index (κ1) is 19.2. The molecule has 29 heavy (non-hydrogen) atoms. The van der Waals surface area contributed by atoms with E-state index in [0.29, 0.717) is 27.9 Å². The smallest absolute Gasteiger partial charge is 0.339 e. The normalized spacial score (nSPS) is 15.3. The molecule has 5 nitrogen and oxygen atoms in total. The lowest BCUT2D eigenvalue weighted by Gasteiger charge is -2.14. The zero-order valence-electron chi connectivity index (χ0n) is 15.8. The number of halogens is 1. The minimum absolute atomic E-state index is 0.457. The predicted octanol–water partition coefficient (Wildman–Crippen LogP) is 4.41. The highest BCUT2D eigenvalue weighted by atomic mass is 35.5. The zero-order chi connectivity index (χ0) is 20.5. The summed E-state index contributed by atoms with van der Waals surface area (Å²) in [5.74, 6) is -1.24. The molecule has 1 aromatic heterocycles. The minimum Gasteiger partial charge on any atom is -0.449 e. The van der Waals surface area contributed by atoms with Crippen LogP contribution in [0.1, 0.15) is 40.5 Å². The number of rotatable bonds is 4. The Morgan fingerprint density at radius 3 is 2.59 bits per heavy atom. The minimum atomic E-state index is -1.00. The molecule has 4 rings (SSSR count). The van der Waals surface area contributed by atoms with Crippen molar-refractivity contribution in [1.29, 1.82) is 0 Å². The quantitative estimate of drug-likeness (QED) is 0.651. The average molecular weight is 407 g/mol. The number of hydrogen-bond acceptors (Lipinski definition) is 4. The van der Waals surface area contributed by atoms with E-state index < -0.39 is 18.0 Å². The Morgan fingerprint density at radius 2 is 1.86 bits per heavy atom. The first-order valence-electron chi connectivity index (χ1n) is 9.32. The van der Waals surface area contributed by atoms with E-state index in [1.807, 2.05) is 48.5 Å². The number of ether oxygens (including phenoxy) is 1. The summed E-state index contributed by atoms with van der Waals surface area (Å²) in [7, 11) is 0. The number of carbonyl (C=O) groups excluding carboxylic acids is 2. The molecule has 0 spiro atoms. The SMILES string of the molecule is C[C@@H](OC(=O)c1c2c(nc3ccccc13)/C(=C\c1ccc(Cl)cc1)CC2)C(N)=O. The molecular weight excluding hydrogens is 388 g/mol. The maximum absolute atomic E-state index is 12.9. The molecule has 0 saturated heterocycles. The van der Waals surface area contributed by atoms with Crippen molar-refractivity contribution in [2.45, 2.75) is 25.9 Å². The van der Waals surface area contributed by atoms with Gasteiger partial charge in [-0.2, -0.15) is 0 Å². The monoisotopic (exact) mass is 406 g/mol. The van der Waals surface area contributed by atoms with E-state index in [-0.39, 0.29) is 0 Å². The van der Waals surface area contributed by atoms with Crippen molar-refractivity contribution >= 4 is 46.0 Å². The second kappa shape index (κ2) is 7.68. The van der Waals surface area contributed by atoms with Crippen LogP contribution in [0.25, 0.3) is 22.6 Å². The van der Waals surface area contributed by atoms with E-state index >= 15 is 0 Å². The average Bonchev–Trinajstić information content (AvgIpc) is 3.09. The third-order valence-electron chi connectivity index (χ3n) is 5.04. The van der Waals surface area contributed by atoms with Crippen LogP contribution in [0.3, 0.4) is 0 Å². The molecule has 0 saturated carbocycles. The number of para-hydroxylation sites is 1. The Morgan fingerprint density at radius 1 is 1.14 bits per heavy atom. The van der Waals surface area contributed by atoms with Crippen LogP contribution >= 0.6 is 11.6 Å². The van der Waals surface area contributed by atoms with Gasteiger partial charge in [0.15, 0.2) is 6.10 Å². The Kier molecular flexibility index (Phi) is 5.07. The molecule has 146 valence electrons. The molecule has 0 fully saturated rings. The maximum Gasteiger partial charge on any atom is 0.339 e. The van der Waals surface area contributed by atoms with E-state index in [0.717, 1.165) is 28.8 Å². The van der Waals surface area contributed by atoms with E-state index in [4.69, 9.17) is 27.1 Å². The Hall–Kier alpha value is -3.18. The first-order chi connectivity index (χ1) is 13.9. The van der Waals surface area contributed by atoms with Crippen molar-refractivity contribution in [2.24, 2.45) is 5.73 Å². The fourth-order valence-electron chi connectivity index (χ4n) is 3.55. The van der Waals surface area contributed by atoms with Gasteiger partial charge in [0.1, 0.15) is 0 Å². The Bertz CT molecular complexity index is 1150. The summed E-state index contributed by atoms with van der Waals surface area (Å²) in [5.41, 5.74) is 10.1. The van der Waals surface area contributed by atoms with Gasteiger partial charge in [0.2, 0.25) is 0 Å². The molecule has 0 bridgehead atoms. The highest BCUT2D eigenvalue weighted by molar-refractivity contribution is 6.30. The summed E-state index contributed by atoms with van der Waals surface area (Å²) >= 11 is 5.98. The van der Waals surface area contributed by atoms with Crippen LogP contribution in [-0.4, -0.2) is 23.0 Å². The molecule has 1 heterocycles. The number of nitrogens with two attached hydrogens (primary N) is 1. The number of pyridine rings is 1. The summed E-state index contributed by atoms with van der Waals surface area (Å²) in [4.78, 5) is 29.1. The molecule has 2 aromatic carbocycles. The van der Waals surface area contributed by atoms with Crippen molar-refractivity contribution in [3.8, 4) is 0 Å². The molecule has 1 amide bonds. The lowest BCUT2D eigenvalue weighted by Crippen LogP contribution is -2.30. The van der Waals surface area contributed by atoms with Gasteiger partial charge in [-0.05, 0) is 60.7 Å². The van der Waals surface area contributed by atoms with Crippen LogP contribution in [0.15, 0.2) is 48.5 Å². The highest BCUT2D eigenvalue weighted by Crippen LogP contribution is 2.38. The van der Waals surface area contributed by atoms with Gasteiger partial charge in [-0.3, -0.25) is 4.79 Å². The van der Waals surface area contributed by atoms with Gasteiger partial charge < -0.3 is 10.5 Å². The van der Waals surface area contributed by atoms with Crippen LogP contribution in [0.4, 0.5) is 0 Å². The predicted molar refractivity (Wildman–Crippen MR) is 113 cm³/mol. The van der Waals surface area contributed by atoms with Crippen molar-refractivity contribution in [1.82, 2.24) is 4.98 Å². The van der Waals surface area contributed by atoms with Crippen molar-refractivity contribution in [3.05, 3.63) is 75.9 Å². The topological polar surface area (TPSA) is 82.3 Å². The fourth-order valence-corrected chi connectivity index (χ4v) is 3.68. The van der Waals surface area contributed by atoms with Crippen molar-refractivity contribution in [2.75, 3.05) is 0 Å². The van der Waals surface area contributed by atoms with Crippen molar-refractivity contribution < 1.29 is 14.3 Å². The van der Waals surface area contributed by atoms with E-state index in [1.54, 1.807) is 0 Å². The number of esters is 1. The molecule has 0 radical (unpaired) electrons. The lowest BCUT2D eigenvalue weighted by atomic mass is 10.0. The van der Waals surface area contributed by atoms with E-state index in [1.165, 1.54) is 6.92 Å². The standard InChI is InChI=1S/C23H19ClN2O3/c1-13(22(25)27)29-23(28)20-17-4-2-3-5-19(17)26-21-15(8-11-18(20)21)12-14-6-9-16(24)10-7-14/h2-7,9-10,12-13H,8,11H2,1H3,(H2,25,27)/b15-12-/t13-/m1/s1. The summed E-state index contributed by atoms with van der Waals surface area (Å²) in [5, 5.41) is 1.39. The summed E-state index contributed by atoms with van der Waals surface area (Å²) in [6.07, 6.45) is 2.48. The molecule has 1 aliphatic rings. The van der Waals surface area contributed by atoms with E-state index in [2.05, 4.69) is 6.08 Å². The number of allylic oxidation sites excluding steroid dienone is 1. The van der Waals surface area contributed by atoms with Crippen LogP contribution in [0, 0.1) is 0 Å². The Balaban J connectivity index is 1.84. The number of fused-ring (bicyclic) bond motifs is 2. The number of carbonyl (C=O) groups is 2. The maximum atomic E-state index is 12.9. The number of hydrogen-bond donors (Lipinski definition) is 1. The van der Waals surface area contributed by atoms with Gasteiger partial charge >= 0.3 is 5.97 Å². The summed E-state index contributed by atoms with van der Waals surface area (Å²) in [6, 6.07) is 15.0. The van der Waals surface area contributed by atoms with Crippen LogP contribution < -0.4 is 5.73 Å². The number of nitrogens with zero attached hydrogens (tertiary/aromatic N) is 1. The summed E-state index contributed by atoms with van der Waals surface area (Å²) < 4.78 is 5.32. The van der Waals surface area contributed by atoms with Gasteiger partial charge in [-0.1, -0.05) is 41.9 Å². The third-order valence-corrected chi connectivity index (χ3v) is 5.29. The summed E-state index contributed by atoms with van der Waals surface area (Å²) in [6.45, 7) is 1.47. The second-order valence-corrected chi connectivity index (χ2v) is 7.44. The van der Waals surface area contributed by atoms with Gasteiger partial charge in [0, 0.05) is 10.4 Å². The highest BCUT2D eigenvalue weighted by Gasteiger charge is 2.29. The molecule has 1 aliphatic carbocycles. The molecule has 2 N–H and O–H groups in total. The third kappa shape index (κ3) is 3.74. The largest absolute Gasteiger partial charge is 0.449 e. The fraction of sp³-hybridized carbons (Fsp3) is 0.174. The molecular formula is C23H19ClN2O3. The number of primary amides is 1. The molecule has 1 atom stereocenters. The first-order valence-corrected chi connectivity index (χ1v) is 9.70. The van der Waals surface area contributed by atoms with Gasteiger partial charge in [-0.25, -0.2) is 9.78 Å². The van der Waals surface area contributed by atoms with Gasteiger partial charge in [0.25, 0.3) is 5.91 Å². The van der Waals surface area contributed by atoms with E-state index in [9.17, 15) is 9.59 Å². The van der Waals surface area contributed by atoms with Crippen LogP contribution in [0.2, 0.25) is 5.02 Å². The molecule has 3 aromatic rings. The zero-order valence-corrected chi connectivity index (χ0v) is 16.6. The van der Waals surface area contributed by atoms with Gasteiger partial charge in [0.05, 0.1) is 16.8 Å². The second-order valence-electron chi connectivity index (χ2n) is 7.00. The van der Waals surface area contributed by atoms with Crippen LogP contribution in [0.5, 0.6) is 0 Å².